The molecule has 1 atom stereocenters. The number of H-pyrrole nitrogens is 1. The fourth-order valence-electron chi connectivity index (χ4n) is 3.52. The first-order valence-corrected chi connectivity index (χ1v) is 9.09. The summed E-state index contributed by atoms with van der Waals surface area (Å²) in [5.41, 5.74) is 3.05. The number of aryl methyl sites for hydroxylation is 1. The fourth-order valence-corrected chi connectivity index (χ4v) is 3.52. The number of fused-ring (bicyclic) bond motifs is 1. The Morgan fingerprint density at radius 1 is 1.23 bits per heavy atom. The summed E-state index contributed by atoms with van der Waals surface area (Å²) < 4.78 is 0. The topological polar surface area (TPSA) is 73.0 Å². The number of anilines is 3. The molecule has 1 aromatic carbocycles. The summed E-state index contributed by atoms with van der Waals surface area (Å²) in [6.07, 6.45) is 4.86. The van der Waals surface area contributed by atoms with Gasteiger partial charge in [0, 0.05) is 42.0 Å². The molecule has 1 unspecified atom stereocenters. The van der Waals surface area contributed by atoms with Crippen molar-refractivity contribution in [2.24, 2.45) is 0 Å². The van der Waals surface area contributed by atoms with Crippen LogP contribution in [0.25, 0.3) is 10.9 Å². The SMILES string of the molecule is Cc1cnc(N2CCCN(C)CC2C)nc1Nc1ccc2[nH]ncc2c1. The highest BCUT2D eigenvalue weighted by molar-refractivity contribution is 5.82. The highest BCUT2D eigenvalue weighted by atomic mass is 15.3. The summed E-state index contributed by atoms with van der Waals surface area (Å²) >= 11 is 0. The van der Waals surface area contributed by atoms with Crippen molar-refractivity contribution in [3.05, 3.63) is 36.2 Å². The van der Waals surface area contributed by atoms with Crippen molar-refractivity contribution >= 4 is 28.4 Å². The maximum atomic E-state index is 4.84. The number of hydrogen-bond acceptors (Lipinski definition) is 6. The number of hydrogen-bond donors (Lipinski definition) is 2. The number of rotatable bonds is 3. The van der Waals surface area contributed by atoms with E-state index in [0.29, 0.717) is 6.04 Å². The van der Waals surface area contributed by atoms with Gasteiger partial charge >= 0.3 is 0 Å². The molecule has 4 rings (SSSR count). The lowest BCUT2D eigenvalue weighted by molar-refractivity contribution is 0.337. The molecule has 0 saturated carbocycles. The Labute approximate surface area is 153 Å². The largest absolute Gasteiger partial charge is 0.340 e. The Morgan fingerprint density at radius 3 is 3.00 bits per heavy atom. The molecular weight excluding hydrogens is 326 g/mol. The Kier molecular flexibility index (Phi) is 4.46. The molecule has 0 amide bonds. The van der Waals surface area contributed by atoms with Crippen molar-refractivity contribution in [3.63, 3.8) is 0 Å². The maximum Gasteiger partial charge on any atom is 0.227 e. The summed E-state index contributed by atoms with van der Waals surface area (Å²) in [7, 11) is 2.18. The quantitative estimate of drug-likeness (QED) is 0.756. The van der Waals surface area contributed by atoms with E-state index < -0.39 is 0 Å². The van der Waals surface area contributed by atoms with Crippen LogP contribution in [0, 0.1) is 6.92 Å². The minimum Gasteiger partial charge on any atom is -0.340 e. The van der Waals surface area contributed by atoms with E-state index in [-0.39, 0.29) is 0 Å². The number of aromatic amines is 1. The van der Waals surface area contributed by atoms with E-state index in [0.717, 1.165) is 60.0 Å². The lowest BCUT2D eigenvalue weighted by atomic mass is 10.2. The van der Waals surface area contributed by atoms with Gasteiger partial charge in [-0.05, 0) is 52.1 Å². The number of nitrogens with zero attached hydrogens (tertiary/aromatic N) is 5. The molecule has 0 bridgehead atoms. The number of benzene rings is 1. The van der Waals surface area contributed by atoms with Crippen molar-refractivity contribution in [2.45, 2.75) is 26.3 Å². The van der Waals surface area contributed by atoms with Crippen molar-refractivity contribution in [2.75, 3.05) is 36.9 Å². The Balaban J connectivity index is 1.61. The number of nitrogens with one attached hydrogen (secondary N) is 2. The second-order valence-corrected chi connectivity index (χ2v) is 7.16. The molecule has 3 heterocycles. The van der Waals surface area contributed by atoms with E-state index in [1.807, 2.05) is 31.5 Å². The van der Waals surface area contributed by atoms with Crippen molar-refractivity contribution in [3.8, 4) is 0 Å². The van der Waals surface area contributed by atoms with Crippen LogP contribution >= 0.6 is 0 Å². The third kappa shape index (κ3) is 3.35. The monoisotopic (exact) mass is 351 g/mol. The van der Waals surface area contributed by atoms with Gasteiger partial charge in [0.2, 0.25) is 5.95 Å². The molecule has 2 aromatic heterocycles. The van der Waals surface area contributed by atoms with Crippen LogP contribution in [-0.2, 0) is 0 Å². The zero-order valence-electron chi connectivity index (χ0n) is 15.5. The molecule has 0 aliphatic carbocycles. The van der Waals surface area contributed by atoms with Crippen molar-refractivity contribution < 1.29 is 0 Å². The van der Waals surface area contributed by atoms with Crippen molar-refractivity contribution in [1.29, 1.82) is 0 Å². The molecule has 0 spiro atoms. The number of aromatic nitrogens is 4. The van der Waals surface area contributed by atoms with Gasteiger partial charge < -0.3 is 15.1 Å². The second kappa shape index (κ2) is 6.92. The molecular formula is C19H25N7. The lowest BCUT2D eigenvalue weighted by Gasteiger charge is -2.28. The maximum absolute atomic E-state index is 4.84. The Hall–Kier alpha value is -2.67. The molecule has 0 radical (unpaired) electrons. The van der Waals surface area contributed by atoms with Gasteiger partial charge in [-0.25, -0.2) is 4.98 Å². The van der Waals surface area contributed by atoms with E-state index in [9.17, 15) is 0 Å². The summed E-state index contributed by atoms with van der Waals surface area (Å²) in [4.78, 5) is 14.1. The van der Waals surface area contributed by atoms with Crippen LogP contribution in [0.5, 0.6) is 0 Å². The molecule has 7 heteroatoms. The summed E-state index contributed by atoms with van der Waals surface area (Å²) in [6, 6.07) is 6.52. The fraction of sp³-hybridized carbons (Fsp3) is 0.421. The minimum absolute atomic E-state index is 0.389. The van der Waals surface area contributed by atoms with Crippen LogP contribution < -0.4 is 10.2 Å². The van der Waals surface area contributed by atoms with Crippen LogP contribution in [0.1, 0.15) is 18.9 Å². The predicted octanol–water partition coefficient (Wildman–Crippen LogP) is 2.94. The summed E-state index contributed by atoms with van der Waals surface area (Å²) in [6.45, 7) is 7.39. The zero-order valence-corrected chi connectivity index (χ0v) is 15.5. The first-order chi connectivity index (χ1) is 12.6. The van der Waals surface area contributed by atoms with Gasteiger partial charge in [-0.2, -0.15) is 10.1 Å². The van der Waals surface area contributed by atoms with Gasteiger partial charge in [-0.15, -0.1) is 0 Å². The van der Waals surface area contributed by atoms with Crippen LogP contribution in [0.4, 0.5) is 17.5 Å². The third-order valence-electron chi connectivity index (χ3n) is 4.97. The first-order valence-electron chi connectivity index (χ1n) is 9.09. The van der Waals surface area contributed by atoms with Crippen LogP contribution in [-0.4, -0.2) is 57.8 Å². The lowest BCUT2D eigenvalue weighted by Crippen LogP contribution is -2.39. The molecule has 1 fully saturated rings. The predicted molar refractivity (Wildman–Crippen MR) is 105 cm³/mol. The van der Waals surface area contributed by atoms with Crippen LogP contribution in [0.3, 0.4) is 0 Å². The van der Waals surface area contributed by atoms with Crippen LogP contribution in [0.15, 0.2) is 30.6 Å². The minimum atomic E-state index is 0.389. The molecule has 26 heavy (non-hydrogen) atoms. The highest BCUT2D eigenvalue weighted by Crippen LogP contribution is 2.24. The van der Waals surface area contributed by atoms with E-state index in [1.165, 1.54) is 0 Å². The van der Waals surface area contributed by atoms with Gasteiger partial charge in [-0.1, -0.05) is 0 Å². The van der Waals surface area contributed by atoms with E-state index >= 15 is 0 Å². The van der Waals surface area contributed by atoms with Gasteiger partial charge in [-0.3, -0.25) is 5.10 Å². The number of likely N-dealkylation sites (N-methyl/N-ethyl adjacent to an activating group) is 1. The average Bonchev–Trinajstić information content (AvgIpc) is 3.01. The summed E-state index contributed by atoms with van der Waals surface area (Å²) in [5, 5.41) is 11.6. The molecule has 136 valence electrons. The van der Waals surface area contributed by atoms with Gasteiger partial charge in [0.05, 0.1) is 11.7 Å². The summed E-state index contributed by atoms with van der Waals surface area (Å²) in [5.74, 6) is 1.65. The normalized spacial score (nSPS) is 18.9. The Bertz CT molecular complexity index is 904. The third-order valence-corrected chi connectivity index (χ3v) is 4.97. The zero-order chi connectivity index (χ0) is 18.1. The molecule has 1 saturated heterocycles. The highest BCUT2D eigenvalue weighted by Gasteiger charge is 2.22. The molecule has 3 aromatic rings. The first kappa shape index (κ1) is 16.8. The van der Waals surface area contributed by atoms with Gasteiger partial charge in [0.15, 0.2) is 0 Å². The van der Waals surface area contributed by atoms with Crippen LogP contribution in [0.2, 0.25) is 0 Å². The molecule has 7 nitrogen and oxygen atoms in total. The van der Waals surface area contributed by atoms with E-state index in [1.54, 1.807) is 0 Å². The molecule has 1 aliphatic heterocycles. The van der Waals surface area contributed by atoms with E-state index in [2.05, 4.69) is 50.3 Å². The smallest absolute Gasteiger partial charge is 0.227 e. The Morgan fingerprint density at radius 2 is 2.12 bits per heavy atom. The molecule has 2 N–H and O–H groups in total. The standard InChI is InChI=1S/C19H25N7/c1-13-10-20-19(26-8-4-7-25(3)12-14(26)2)23-18(13)22-16-5-6-17-15(9-16)11-21-24-17/h5-6,9-11,14H,4,7-8,12H2,1-3H3,(H,21,24)(H,20,22,23). The average molecular weight is 351 g/mol. The van der Waals surface area contributed by atoms with Crippen molar-refractivity contribution in [1.82, 2.24) is 25.1 Å². The van der Waals surface area contributed by atoms with E-state index in [4.69, 9.17) is 4.98 Å². The van der Waals surface area contributed by atoms with Gasteiger partial charge in [0.25, 0.3) is 0 Å². The second-order valence-electron chi connectivity index (χ2n) is 7.16. The molecule has 1 aliphatic rings. The van der Waals surface area contributed by atoms with Gasteiger partial charge in [0.1, 0.15) is 5.82 Å².